The first-order valence-corrected chi connectivity index (χ1v) is 44.6. The molecule has 0 bridgehead atoms. The van der Waals surface area contributed by atoms with E-state index in [0.29, 0.717) is 17.6 Å². The molecule has 0 fully saturated rings. The van der Waals surface area contributed by atoms with Gasteiger partial charge in [-0.1, -0.05) is 322 Å². The summed E-state index contributed by atoms with van der Waals surface area (Å²) in [5, 5.41) is 14.3. The van der Waals surface area contributed by atoms with Crippen LogP contribution in [0.5, 0.6) is 0 Å². The molecule has 0 saturated heterocycles. The van der Waals surface area contributed by atoms with E-state index in [9.17, 15) is 0 Å². The summed E-state index contributed by atoms with van der Waals surface area (Å²) >= 11 is 0. The summed E-state index contributed by atoms with van der Waals surface area (Å²) in [7, 11) is 0. The van der Waals surface area contributed by atoms with E-state index in [4.69, 9.17) is 29.9 Å². The highest BCUT2D eigenvalue weighted by Gasteiger charge is 2.24. The molecule has 0 radical (unpaired) electrons. The van der Waals surface area contributed by atoms with Gasteiger partial charge in [0.1, 0.15) is 11.3 Å². The Labute approximate surface area is 758 Å². The Kier molecular flexibility index (Phi) is 18.6. The standard InChI is InChI=1S/C44H28N6.C41H27N3.C35H23N3/c1-4-14-29(15-5-1)41-46-42(30-16-6-2-7-17-30)48-44(47-41)50-39-23-13-10-20-33(39)35-25-24-31(28-40(35)50)37-27-26-36-34-21-11-12-22-38(34)49(43(36)45-37)32-18-8-3-9-19-32;1-3-11-28(12-4-1)29-19-22-32(23-20-29)43-38-17-9-7-15-33(38)35-24-21-30(27-40(35)43)37-26-25-36-34-16-8-10-18-39(34)44(41(36)42-37)31-13-5-2-6-14-31;1-3-11-25(12-4-1)37-32-17-9-7-15-27(32)29-20-19-24(21-34(29)37)31-22-35-30(23-36-31)28-16-8-10-18-33(28)38(35)26-13-5-2-6-14-26/h1-28H;1-27H;1-23H. The zero-order chi connectivity index (χ0) is 87.1. The van der Waals surface area contributed by atoms with Crippen molar-refractivity contribution < 1.29 is 0 Å². The van der Waals surface area contributed by atoms with Gasteiger partial charge in [-0.2, -0.15) is 9.97 Å². The molecule has 0 aliphatic heterocycles. The van der Waals surface area contributed by atoms with Gasteiger partial charge in [0, 0.05) is 127 Å². The van der Waals surface area contributed by atoms with Gasteiger partial charge in [-0.3, -0.25) is 18.7 Å². The minimum atomic E-state index is 0.564. The number of hydrogen-bond donors (Lipinski definition) is 0. The molecule has 17 aromatic carbocycles. The molecule has 0 unspecified atom stereocenters. The van der Waals surface area contributed by atoms with Gasteiger partial charge in [0.2, 0.25) is 5.95 Å². The number of nitrogens with zero attached hydrogens (tertiary/aromatic N) is 12. The highest BCUT2D eigenvalue weighted by molar-refractivity contribution is 6.16. The van der Waals surface area contributed by atoms with E-state index in [0.717, 1.165) is 139 Å². The van der Waals surface area contributed by atoms with Crippen LogP contribution in [0.2, 0.25) is 0 Å². The number of rotatable bonds is 12. The molecule has 0 amide bonds. The average molecular weight is 1690 g/mol. The maximum atomic E-state index is 5.34. The van der Waals surface area contributed by atoms with Crippen LogP contribution in [0.1, 0.15) is 0 Å². The Hall–Kier alpha value is -18.0. The first-order valence-electron chi connectivity index (χ1n) is 44.6. The summed E-state index contributed by atoms with van der Waals surface area (Å²) in [5.41, 5.74) is 29.2. The van der Waals surface area contributed by atoms with E-state index in [1.807, 2.05) is 72.9 Å². The Morgan fingerprint density at radius 2 is 0.402 bits per heavy atom. The first kappa shape index (κ1) is 76.4. The average Bonchev–Trinajstić information content (AvgIpc) is 1.59. The second-order valence-electron chi connectivity index (χ2n) is 33.3. The van der Waals surface area contributed by atoms with Crippen molar-refractivity contribution in [1.82, 2.24) is 57.3 Å². The molecular formula is C120H78N12. The lowest BCUT2D eigenvalue weighted by Gasteiger charge is -2.11. The normalized spacial score (nSPS) is 11.6. The van der Waals surface area contributed by atoms with E-state index in [1.54, 1.807) is 0 Å². The van der Waals surface area contributed by atoms with Crippen molar-refractivity contribution in [3.05, 3.63) is 473 Å². The Morgan fingerprint density at radius 3 is 0.788 bits per heavy atom. The summed E-state index contributed by atoms with van der Waals surface area (Å²) in [5.74, 6) is 1.81. The van der Waals surface area contributed by atoms with E-state index >= 15 is 0 Å². The molecule has 12 heteroatoms. The summed E-state index contributed by atoms with van der Waals surface area (Å²) in [6.45, 7) is 0. The maximum absolute atomic E-state index is 5.34. The van der Waals surface area contributed by atoms with Gasteiger partial charge in [0.25, 0.3) is 0 Å². The van der Waals surface area contributed by atoms with Crippen LogP contribution in [0.25, 0.3) is 233 Å². The highest BCUT2D eigenvalue weighted by atomic mass is 15.2. The Morgan fingerprint density at radius 1 is 0.144 bits per heavy atom. The van der Waals surface area contributed by atoms with Crippen molar-refractivity contribution >= 4 is 131 Å². The fourth-order valence-electron chi connectivity index (χ4n) is 19.6. The lowest BCUT2D eigenvalue weighted by atomic mass is 10.1. The molecule has 10 aromatic heterocycles. The summed E-state index contributed by atoms with van der Waals surface area (Å²) in [4.78, 5) is 30.8. The number of pyridine rings is 3. The molecule has 27 aromatic rings. The summed E-state index contributed by atoms with van der Waals surface area (Å²) in [6, 6.07) is 164. The van der Waals surface area contributed by atoms with Crippen LogP contribution in [0.4, 0.5) is 0 Å². The minimum absolute atomic E-state index is 0.564. The van der Waals surface area contributed by atoms with Gasteiger partial charge in [-0.05, 0) is 157 Å². The molecule has 10 heterocycles. The predicted octanol–water partition coefficient (Wildman–Crippen LogP) is 30.0. The smallest absolute Gasteiger partial charge is 0.238 e. The Balaban J connectivity index is 0.000000107. The van der Waals surface area contributed by atoms with Crippen molar-refractivity contribution in [1.29, 1.82) is 0 Å². The van der Waals surface area contributed by atoms with Gasteiger partial charge >= 0.3 is 0 Å². The lowest BCUT2D eigenvalue weighted by molar-refractivity contribution is 0.953. The van der Waals surface area contributed by atoms with E-state index in [1.165, 1.54) is 76.4 Å². The minimum Gasteiger partial charge on any atom is -0.309 e. The molecule has 12 nitrogen and oxygen atoms in total. The number of benzene rings is 17. The molecule has 0 aliphatic carbocycles. The van der Waals surface area contributed by atoms with E-state index < -0.39 is 0 Å². The molecule has 0 N–H and O–H groups in total. The third-order valence-corrected chi connectivity index (χ3v) is 25.7. The second-order valence-corrected chi connectivity index (χ2v) is 33.3. The van der Waals surface area contributed by atoms with Crippen LogP contribution in [0.15, 0.2) is 473 Å². The molecule has 0 spiro atoms. The van der Waals surface area contributed by atoms with Crippen LogP contribution in [-0.2, 0) is 0 Å². The van der Waals surface area contributed by atoms with Gasteiger partial charge in [0.05, 0.1) is 72.2 Å². The quantitative estimate of drug-likeness (QED) is 0.121. The number of para-hydroxylation sites is 10. The van der Waals surface area contributed by atoms with Crippen LogP contribution in [-0.4, -0.2) is 57.3 Å². The monoisotopic (exact) mass is 1690 g/mol. The number of aromatic nitrogens is 12. The molecule has 27 rings (SSSR count). The fraction of sp³-hybridized carbons (Fsp3) is 0. The van der Waals surface area contributed by atoms with Gasteiger partial charge in [0.15, 0.2) is 11.6 Å². The topological polar surface area (TPSA) is 107 Å². The van der Waals surface area contributed by atoms with Gasteiger partial charge in [-0.15, -0.1) is 0 Å². The highest BCUT2D eigenvalue weighted by Crippen LogP contribution is 2.43. The molecule has 0 saturated carbocycles. The van der Waals surface area contributed by atoms with Crippen molar-refractivity contribution in [3.8, 4) is 102 Å². The third kappa shape index (κ3) is 13.1. The van der Waals surface area contributed by atoms with Crippen LogP contribution < -0.4 is 0 Å². The SMILES string of the molecule is c1ccc(-c2ccc(-n3c4ccccc4c4ccc(-c5ccc6c7ccccc7n(-c7ccccc7)c6n5)cc43)cc2)cc1.c1ccc(-c2nc(-c3ccccc3)nc(-n3c4ccccc4c4ccc(-c5ccc6c7ccccc7n(-c7ccccc7)c6n5)cc43)n2)cc1.c1ccc(-n2c3ccccc3c3ccc(-c4cc5c(cn4)c4ccccc4n5-c4ccccc4)cc32)cc1. The number of fused-ring (bicyclic) bond motifs is 18. The van der Waals surface area contributed by atoms with Crippen molar-refractivity contribution in [2.45, 2.75) is 0 Å². The summed E-state index contributed by atoms with van der Waals surface area (Å²) in [6.07, 6.45) is 2.03. The second kappa shape index (κ2) is 32.1. The maximum Gasteiger partial charge on any atom is 0.238 e. The number of hydrogen-bond acceptors (Lipinski definition) is 6. The van der Waals surface area contributed by atoms with E-state index in [2.05, 4.69) is 428 Å². The zero-order valence-corrected chi connectivity index (χ0v) is 71.4. The van der Waals surface area contributed by atoms with Gasteiger partial charge in [-0.25, -0.2) is 15.0 Å². The molecular weight excluding hydrogens is 1610 g/mol. The molecule has 132 heavy (non-hydrogen) atoms. The third-order valence-electron chi connectivity index (χ3n) is 25.7. The van der Waals surface area contributed by atoms with Crippen LogP contribution in [0.3, 0.4) is 0 Å². The zero-order valence-electron chi connectivity index (χ0n) is 71.4. The Bertz CT molecular complexity index is 8900. The van der Waals surface area contributed by atoms with Crippen molar-refractivity contribution in [2.75, 3.05) is 0 Å². The van der Waals surface area contributed by atoms with E-state index in [-0.39, 0.29) is 0 Å². The summed E-state index contributed by atoms with van der Waals surface area (Å²) < 4.78 is 13.8. The van der Waals surface area contributed by atoms with Crippen LogP contribution in [0, 0.1) is 0 Å². The van der Waals surface area contributed by atoms with Crippen LogP contribution >= 0.6 is 0 Å². The fourth-order valence-corrected chi connectivity index (χ4v) is 19.6. The van der Waals surface area contributed by atoms with Crippen molar-refractivity contribution in [2.24, 2.45) is 0 Å². The molecule has 0 aliphatic rings. The predicted molar refractivity (Wildman–Crippen MR) is 545 cm³/mol. The largest absolute Gasteiger partial charge is 0.309 e. The van der Waals surface area contributed by atoms with Gasteiger partial charge < -0.3 is 13.7 Å². The van der Waals surface area contributed by atoms with Crippen molar-refractivity contribution in [3.63, 3.8) is 0 Å². The molecule has 0 atom stereocenters. The molecule has 618 valence electrons. The first-order chi connectivity index (χ1) is 65.5. The lowest BCUT2D eigenvalue weighted by Crippen LogP contribution is -2.06.